The van der Waals surface area contributed by atoms with Gasteiger partial charge in [-0.05, 0) is 56.2 Å². The van der Waals surface area contributed by atoms with Crippen LogP contribution in [0.5, 0.6) is 11.5 Å². The lowest BCUT2D eigenvalue weighted by atomic mass is 9.98. The minimum absolute atomic E-state index is 0.107. The van der Waals surface area contributed by atoms with Crippen LogP contribution in [0.15, 0.2) is 47.4 Å². The molecule has 0 bridgehead atoms. The third-order valence-electron chi connectivity index (χ3n) is 5.88. The number of benzene rings is 2. The molecule has 0 saturated carbocycles. The maximum atomic E-state index is 13.1. The number of hydrogen-bond acceptors (Lipinski definition) is 8. The maximum absolute atomic E-state index is 13.1. The standard InChI is InChI=1S/C24H25N3O7S/c1-16(23(28)26-19-4-2-17(15-25)3-5-19)34-24(29)18-8-10-27(11-9-18)35(30,31)20-6-7-21-22(14-20)33-13-12-32-21/h2-7,14,16,18H,8-13H2,1H3,(H,26,28)/t16-/m1/s1. The number of carbonyl (C=O) groups excluding carboxylic acids is 2. The maximum Gasteiger partial charge on any atom is 0.309 e. The molecule has 2 aromatic carbocycles. The summed E-state index contributed by atoms with van der Waals surface area (Å²) < 4.78 is 43.7. The van der Waals surface area contributed by atoms with E-state index in [1.54, 1.807) is 30.3 Å². The van der Waals surface area contributed by atoms with E-state index >= 15 is 0 Å². The monoisotopic (exact) mass is 499 g/mol. The van der Waals surface area contributed by atoms with Gasteiger partial charge in [0.05, 0.1) is 22.4 Å². The number of nitrogens with one attached hydrogen (secondary N) is 1. The molecule has 184 valence electrons. The Morgan fingerprint density at radius 3 is 2.40 bits per heavy atom. The number of rotatable bonds is 6. The Labute approximate surface area is 203 Å². The third kappa shape index (κ3) is 5.55. The van der Waals surface area contributed by atoms with E-state index in [2.05, 4.69) is 5.32 Å². The minimum Gasteiger partial charge on any atom is -0.486 e. The topological polar surface area (TPSA) is 135 Å². The number of nitrogens with zero attached hydrogens (tertiary/aromatic N) is 2. The molecule has 0 unspecified atom stereocenters. The van der Waals surface area contributed by atoms with Gasteiger partial charge in [0, 0.05) is 24.8 Å². The van der Waals surface area contributed by atoms with Gasteiger partial charge in [-0.1, -0.05) is 0 Å². The summed E-state index contributed by atoms with van der Waals surface area (Å²) >= 11 is 0. The molecule has 2 aliphatic rings. The van der Waals surface area contributed by atoms with Crippen molar-refractivity contribution in [2.24, 2.45) is 5.92 Å². The van der Waals surface area contributed by atoms with E-state index in [-0.39, 0.29) is 30.8 Å². The molecule has 0 spiro atoms. The van der Waals surface area contributed by atoms with Crippen LogP contribution in [0.1, 0.15) is 25.3 Å². The molecule has 2 heterocycles. The zero-order valence-corrected chi connectivity index (χ0v) is 19.9. The van der Waals surface area contributed by atoms with Gasteiger partial charge in [0.25, 0.3) is 5.91 Å². The second-order valence-corrected chi connectivity index (χ2v) is 10.2. The highest BCUT2D eigenvalue weighted by Gasteiger charge is 2.34. The fourth-order valence-electron chi connectivity index (χ4n) is 3.86. The number of hydrogen-bond donors (Lipinski definition) is 1. The summed E-state index contributed by atoms with van der Waals surface area (Å²) in [5.41, 5.74) is 0.944. The molecule has 10 nitrogen and oxygen atoms in total. The van der Waals surface area contributed by atoms with E-state index in [9.17, 15) is 18.0 Å². The zero-order valence-electron chi connectivity index (χ0n) is 19.1. The Balaban J connectivity index is 1.30. The van der Waals surface area contributed by atoms with Crippen molar-refractivity contribution in [1.82, 2.24) is 4.31 Å². The van der Waals surface area contributed by atoms with Gasteiger partial charge in [0.15, 0.2) is 17.6 Å². The van der Waals surface area contributed by atoms with E-state index in [0.717, 1.165) is 0 Å². The third-order valence-corrected chi connectivity index (χ3v) is 7.78. The highest BCUT2D eigenvalue weighted by molar-refractivity contribution is 7.89. The van der Waals surface area contributed by atoms with Crippen LogP contribution in [-0.2, 0) is 24.3 Å². The first-order valence-corrected chi connectivity index (χ1v) is 12.6. The quantitative estimate of drug-likeness (QED) is 0.598. The number of piperidine rings is 1. The van der Waals surface area contributed by atoms with Crippen LogP contribution >= 0.6 is 0 Å². The van der Waals surface area contributed by atoms with Gasteiger partial charge in [0.2, 0.25) is 10.0 Å². The molecule has 2 aliphatic heterocycles. The van der Waals surface area contributed by atoms with Gasteiger partial charge < -0.3 is 19.5 Å². The molecule has 1 saturated heterocycles. The summed E-state index contributed by atoms with van der Waals surface area (Å²) in [6.07, 6.45) is -0.461. The van der Waals surface area contributed by atoms with Crippen molar-refractivity contribution < 1.29 is 32.2 Å². The Morgan fingerprint density at radius 1 is 1.09 bits per heavy atom. The average molecular weight is 500 g/mol. The minimum atomic E-state index is -3.76. The molecule has 1 amide bonds. The Hall–Kier alpha value is -3.62. The summed E-state index contributed by atoms with van der Waals surface area (Å²) in [5.74, 6) is -0.643. The lowest BCUT2D eigenvalue weighted by Crippen LogP contribution is -2.41. The Kier molecular flexibility index (Phi) is 7.23. The Morgan fingerprint density at radius 2 is 1.74 bits per heavy atom. The second kappa shape index (κ2) is 10.3. The lowest BCUT2D eigenvalue weighted by Gasteiger charge is -2.30. The van der Waals surface area contributed by atoms with Crippen molar-refractivity contribution >= 4 is 27.6 Å². The molecule has 1 N–H and O–H groups in total. The van der Waals surface area contributed by atoms with Crippen molar-refractivity contribution in [3.05, 3.63) is 48.0 Å². The number of carbonyl (C=O) groups is 2. The number of sulfonamides is 1. The number of ether oxygens (including phenoxy) is 3. The normalized spacial score (nSPS) is 17.1. The van der Waals surface area contributed by atoms with Gasteiger partial charge in [-0.2, -0.15) is 9.57 Å². The second-order valence-electron chi connectivity index (χ2n) is 8.24. The number of esters is 1. The molecule has 0 aromatic heterocycles. The van der Waals surface area contributed by atoms with E-state index in [4.69, 9.17) is 19.5 Å². The van der Waals surface area contributed by atoms with Gasteiger partial charge in [-0.25, -0.2) is 8.42 Å². The van der Waals surface area contributed by atoms with Crippen LogP contribution in [0.4, 0.5) is 5.69 Å². The molecule has 35 heavy (non-hydrogen) atoms. The van der Waals surface area contributed by atoms with Crippen LogP contribution < -0.4 is 14.8 Å². The number of nitriles is 1. The molecular weight excluding hydrogens is 474 g/mol. The Bertz CT molecular complexity index is 1250. The van der Waals surface area contributed by atoms with Crippen molar-refractivity contribution in [3.8, 4) is 17.6 Å². The predicted molar refractivity (Wildman–Crippen MR) is 124 cm³/mol. The van der Waals surface area contributed by atoms with Crippen LogP contribution in [0, 0.1) is 17.2 Å². The van der Waals surface area contributed by atoms with E-state index in [1.807, 2.05) is 6.07 Å². The van der Waals surface area contributed by atoms with Gasteiger partial charge >= 0.3 is 5.97 Å². The fourth-order valence-corrected chi connectivity index (χ4v) is 5.35. The summed E-state index contributed by atoms with van der Waals surface area (Å²) in [6.45, 7) is 2.55. The molecule has 2 aromatic rings. The first-order valence-electron chi connectivity index (χ1n) is 11.2. The summed E-state index contributed by atoms with van der Waals surface area (Å²) in [6, 6.07) is 12.8. The highest BCUT2D eigenvalue weighted by atomic mass is 32.2. The van der Waals surface area contributed by atoms with Crippen LogP contribution in [0.2, 0.25) is 0 Å². The lowest BCUT2D eigenvalue weighted by molar-refractivity contribution is -0.158. The van der Waals surface area contributed by atoms with Crippen molar-refractivity contribution in [2.75, 3.05) is 31.6 Å². The van der Waals surface area contributed by atoms with Crippen molar-refractivity contribution in [1.29, 1.82) is 5.26 Å². The van der Waals surface area contributed by atoms with Crippen LogP contribution in [0.3, 0.4) is 0 Å². The molecule has 4 rings (SSSR count). The van der Waals surface area contributed by atoms with Crippen molar-refractivity contribution in [3.63, 3.8) is 0 Å². The summed E-state index contributed by atoms with van der Waals surface area (Å²) in [5, 5.41) is 11.5. The average Bonchev–Trinajstić information content (AvgIpc) is 2.88. The SMILES string of the molecule is C[C@@H](OC(=O)C1CCN(S(=O)(=O)c2ccc3c(c2)OCCO3)CC1)C(=O)Nc1ccc(C#N)cc1. The predicted octanol–water partition coefficient (Wildman–Crippen LogP) is 2.30. The molecule has 0 radical (unpaired) electrons. The molecule has 11 heteroatoms. The van der Waals surface area contributed by atoms with Crippen molar-refractivity contribution in [2.45, 2.75) is 30.8 Å². The zero-order chi connectivity index (χ0) is 25.0. The molecule has 0 aliphatic carbocycles. The van der Waals surface area contributed by atoms with Gasteiger partial charge in [0.1, 0.15) is 13.2 Å². The molecule has 1 fully saturated rings. The summed E-state index contributed by atoms with van der Waals surface area (Å²) in [4.78, 5) is 25.1. The first kappa shape index (κ1) is 24.5. The van der Waals surface area contributed by atoms with Gasteiger partial charge in [-0.15, -0.1) is 0 Å². The fraction of sp³-hybridized carbons (Fsp3) is 0.375. The van der Waals surface area contributed by atoms with E-state index in [0.29, 0.717) is 36.0 Å². The number of amides is 1. The molecular formula is C24H25N3O7S. The smallest absolute Gasteiger partial charge is 0.309 e. The van der Waals surface area contributed by atoms with E-state index < -0.39 is 33.9 Å². The van der Waals surface area contributed by atoms with Crippen LogP contribution in [0.25, 0.3) is 0 Å². The summed E-state index contributed by atoms with van der Waals surface area (Å²) in [7, 11) is -3.76. The van der Waals surface area contributed by atoms with E-state index in [1.165, 1.54) is 23.4 Å². The van der Waals surface area contributed by atoms with Gasteiger partial charge in [-0.3, -0.25) is 9.59 Å². The highest BCUT2D eigenvalue weighted by Crippen LogP contribution is 2.34. The first-order chi connectivity index (χ1) is 16.8. The molecule has 1 atom stereocenters. The number of anilines is 1. The largest absolute Gasteiger partial charge is 0.486 e. The number of fused-ring (bicyclic) bond motifs is 1. The van der Waals surface area contributed by atoms with Crippen LogP contribution in [-0.4, -0.2) is 57.0 Å².